The molecule has 0 saturated carbocycles. The van der Waals surface area contributed by atoms with E-state index in [-0.39, 0.29) is 16.3 Å². The summed E-state index contributed by atoms with van der Waals surface area (Å²) in [7, 11) is 0. The molecule has 0 fully saturated rings. The zero-order valence-corrected chi connectivity index (χ0v) is 8.08. The van der Waals surface area contributed by atoms with Crippen LogP contribution >= 0.6 is 34.8 Å². The number of aromatic nitrogens is 2. The lowest BCUT2D eigenvalue weighted by Crippen LogP contribution is -1.86. The van der Waals surface area contributed by atoms with Crippen molar-refractivity contribution in [2.45, 2.75) is 0 Å². The van der Waals surface area contributed by atoms with E-state index >= 15 is 0 Å². The fourth-order valence-corrected chi connectivity index (χ4v) is 0.973. The molecule has 0 aromatic carbocycles. The van der Waals surface area contributed by atoms with E-state index in [0.717, 1.165) is 0 Å². The van der Waals surface area contributed by atoms with E-state index in [9.17, 15) is 0 Å². The SMILES string of the molecule is ClCC#Cc1cnc(Cl)nc1Cl. The summed E-state index contributed by atoms with van der Waals surface area (Å²) in [5.74, 6) is 5.57. The lowest BCUT2D eigenvalue weighted by atomic mass is 10.3. The van der Waals surface area contributed by atoms with E-state index in [4.69, 9.17) is 34.8 Å². The summed E-state index contributed by atoms with van der Waals surface area (Å²) in [6.45, 7) is 0. The lowest BCUT2D eigenvalue weighted by Gasteiger charge is -1.92. The second-order valence-corrected chi connectivity index (χ2v) is 2.74. The third-order valence-electron chi connectivity index (χ3n) is 1.00. The van der Waals surface area contributed by atoms with Gasteiger partial charge in [-0.1, -0.05) is 23.4 Å². The Balaban J connectivity index is 3.01. The van der Waals surface area contributed by atoms with Crippen molar-refractivity contribution < 1.29 is 0 Å². The van der Waals surface area contributed by atoms with Crippen LogP contribution in [-0.2, 0) is 0 Å². The first kappa shape index (κ1) is 9.60. The summed E-state index contributed by atoms with van der Waals surface area (Å²) in [5.41, 5.74) is 0.529. The van der Waals surface area contributed by atoms with Gasteiger partial charge in [0.2, 0.25) is 5.28 Å². The van der Waals surface area contributed by atoms with Crippen molar-refractivity contribution in [3.63, 3.8) is 0 Å². The molecule has 0 aliphatic carbocycles. The molecule has 0 unspecified atom stereocenters. The summed E-state index contributed by atoms with van der Waals surface area (Å²) in [5, 5.41) is 0.351. The molecule has 1 heterocycles. The van der Waals surface area contributed by atoms with Crippen molar-refractivity contribution in [3.05, 3.63) is 22.2 Å². The highest BCUT2D eigenvalue weighted by Gasteiger charge is 1.99. The quantitative estimate of drug-likeness (QED) is 0.291. The second-order valence-electron chi connectivity index (χ2n) is 1.78. The van der Waals surface area contributed by atoms with Gasteiger partial charge in [-0.05, 0) is 11.6 Å². The van der Waals surface area contributed by atoms with Gasteiger partial charge in [-0.25, -0.2) is 9.97 Å². The molecule has 0 amide bonds. The first-order valence-corrected chi connectivity index (χ1v) is 4.26. The number of nitrogens with zero attached hydrogens (tertiary/aromatic N) is 2. The van der Waals surface area contributed by atoms with Gasteiger partial charge in [0.1, 0.15) is 5.15 Å². The Hall–Kier alpha value is -0.490. The zero-order valence-electron chi connectivity index (χ0n) is 5.81. The van der Waals surface area contributed by atoms with Crippen LogP contribution in [0.1, 0.15) is 5.56 Å². The van der Waals surface area contributed by atoms with E-state index in [1.807, 2.05) is 0 Å². The van der Waals surface area contributed by atoms with Crippen LogP contribution in [0.5, 0.6) is 0 Å². The molecule has 0 saturated heterocycles. The molecule has 0 aliphatic heterocycles. The van der Waals surface area contributed by atoms with E-state index < -0.39 is 0 Å². The van der Waals surface area contributed by atoms with Crippen molar-refractivity contribution in [2.75, 3.05) is 5.88 Å². The first-order chi connectivity index (χ1) is 5.74. The summed E-state index contributed by atoms with van der Waals surface area (Å²) >= 11 is 16.5. The average molecular weight is 221 g/mol. The first-order valence-electron chi connectivity index (χ1n) is 2.97. The maximum atomic E-state index is 5.68. The maximum absolute atomic E-state index is 5.68. The van der Waals surface area contributed by atoms with Crippen LogP contribution < -0.4 is 0 Å². The molecule has 2 nitrogen and oxygen atoms in total. The third-order valence-corrected chi connectivity index (χ3v) is 1.61. The fourth-order valence-electron chi connectivity index (χ4n) is 0.554. The minimum absolute atomic E-state index is 0.108. The Morgan fingerprint density at radius 1 is 1.42 bits per heavy atom. The smallest absolute Gasteiger partial charge is 0.223 e. The van der Waals surface area contributed by atoms with Crippen LogP contribution in [0.3, 0.4) is 0 Å². The molecule has 62 valence electrons. The molecule has 0 radical (unpaired) electrons. The van der Waals surface area contributed by atoms with Crippen LogP contribution in [0.2, 0.25) is 10.4 Å². The maximum Gasteiger partial charge on any atom is 0.223 e. The summed E-state index contributed by atoms with van der Waals surface area (Å²) in [6.07, 6.45) is 1.46. The van der Waals surface area contributed by atoms with E-state index in [0.29, 0.717) is 5.56 Å². The van der Waals surface area contributed by atoms with Crippen LogP contribution in [0.4, 0.5) is 0 Å². The van der Waals surface area contributed by atoms with Gasteiger partial charge < -0.3 is 0 Å². The van der Waals surface area contributed by atoms with Gasteiger partial charge in [0.25, 0.3) is 0 Å². The standard InChI is InChI=1S/C7H3Cl3N2/c8-3-1-2-5-4-11-7(10)12-6(5)9/h4H,3H2. The monoisotopic (exact) mass is 220 g/mol. The molecule has 1 aromatic rings. The minimum atomic E-state index is 0.108. The highest BCUT2D eigenvalue weighted by molar-refractivity contribution is 6.32. The molecule has 0 aliphatic rings. The lowest BCUT2D eigenvalue weighted by molar-refractivity contribution is 1.16. The molecular formula is C7H3Cl3N2. The summed E-state index contributed by atoms with van der Waals surface area (Å²) in [6, 6.07) is 0. The van der Waals surface area contributed by atoms with Crippen molar-refractivity contribution in [3.8, 4) is 11.8 Å². The highest BCUT2D eigenvalue weighted by atomic mass is 35.5. The van der Waals surface area contributed by atoms with E-state index in [1.54, 1.807) is 0 Å². The van der Waals surface area contributed by atoms with Crippen molar-refractivity contribution in [1.29, 1.82) is 0 Å². The van der Waals surface area contributed by atoms with Gasteiger partial charge in [0, 0.05) is 6.20 Å². The van der Waals surface area contributed by atoms with Crippen molar-refractivity contribution in [1.82, 2.24) is 9.97 Å². The van der Waals surface area contributed by atoms with Crippen LogP contribution in [-0.4, -0.2) is 15.8 Å². The van der Waals surface area contributed by atoms with E-state index in [1.165, 1.54) is 6.20 Å². The van der Waals surface area contributed by atoms with Crippen LogP contribution in [0, 0.1) is 11.8 Å². The molecule has 0 N–H and O–H groups in total. The highest BCUT2D eigenvalue weighted by Crippen LogP contribution is 2.12. The van der Waals surface area contributed by atoms with Gasteiger partial charge in [-0.3, -0.25) is 0 Å². The zero-order chi connectivity index (χ0) is 8.97. The van der Waals surface area contributed by atoms with Crippen molar-refractivity contribution in [2.24, 2.45) is 0 Å². The summed E-state index contributed by atoms with van der Waals surface area (Å²) in [4.78, 5) is 7.42. The van der Waals surface area contributed by atoms with Crippen LogP contribution in [0.15, 0.2) is 6.20 Å². The molecule has 0 atom stereocenters. The normalized spacial score (nSPS) is 8.92. The van der Waals surface area contributed by atoms with Crippen molar-refractivity contribution >= 4 is 34.8 Å². The number of hydrogen-bond donors (Lipinski definition) is 0. The van der Waals surface area contributed by atoms with Gasteiger partial charge in [-0.2, -0.15) is 0 Å². The van der Waals surface area contributed by atoms with Gasteiger partial charge in [0.05, 0.1) is 11.4 Å². The number of alkyl halides is 1. The minimum Gasteiger partial charge on any atom is -0.225 e. The Morgan fingerprint density at radius 3 is 2.75 bits per heavy atom. The van der Waals surface area contributed by atoms with Gasteiger partial charge in [0.15, 0.2) is 0 Å². The topological polar surface area (TPSA) is 25.8 Å². The molecule has 0 spiro atoms. The Labute approximate surface area is 84.9 Å². The number of halogens is 3. The number of hydrogen-bond acceptors (Lipinski definition) is 2. The predicted octanol–water partition coefficient (Wildman–Crippen LogP) is 2.37. The van der Waals surface area contributed by atoms with Crippen LogP contribution in [0.25, 0.3) is 0 Å². The molecule has 12 heavy (non-hydrogen) atoms. The van der Waals surface area contributed by atoms with Gasteiger partial charge in [-0.15, -0.1) is 11.6 Å². The van der Waals surface area contributed by atoms with E-state index in [2.05, 4.69) is 21.8 Å². The Morgan fingerprint density at radius 2 is 2.17 bits per heavy atom. The number of rotatable bonds is 0. The summed E-state index contributed by atoms with van der Waals surface area (Å²) < 4.78 is 0. The fraction of sp³-hybridized carbons (Fsp3) is 0.143. The predicted molar refractivity (Wildman–Crippen MR) is 49.7 cm³/mol. The molecule has 1 rings (SSSR count). The average Bonchev–Trinajstić information content (AvgIpc) is 2.03. The molecule has 1 aromatic heterocycles. The second kappa shape index (κ2) is 4.51. The molecule has 5 heteroatoms. The molecule has 0 bridgehead atoms. The Kier molecular flexibility index (Phi) is 3.61. The third kappa shape index (κ3) is 2.53. The largest absolute Gasteiger partial charge is 0.225 e. The molecular weight excluding hydrogens is 218 g/mol. The Bertz CT molecular complexity index is 340. The van der Waals surface area contributed by atoms with Gasteiger partial charge >= 0.3 is 0 Å².